The van der Waals surface area contributed by atoms with Crippen molar-refractivity contribution in [3.8, 4) is 11.5 Å². The minimum Gasteiger partial charge on any atom is -0.422 e. The summed E-state index contributed by atoms with van der Waals surface area (Å²) < 4.78 is 11.6. The molecule has 0 fully saturated rings. The van der Waals surface area contributed by atoms with E-state index >= 15 is 0 Å². The van der Waals surface area contributed by atoms with Crippen LogP contribution in [0, 0.1) is 0 Å². The van der Waals surface area contributed by atoms with Gasteiger partial charge in [-0.1, -0.05) is 67.4 Å². The van der Waals surface area contributed by atoms with Crippen LogP contribution in [0.4, 0.5) is 0 Å². The maximum Gasteiger partial charge on any atom is 0.338 e. The highest BCUT2D eigenvalue weighted by atomic mass is 32.2. The van der Waals surface area contributed by atoms with Crippen LogP contribution in [0.3, 0.4) is 0 Å². The number of rotatable bonds is 6. The zero-order valence-electron chi connectivity index (χ0n) is 18.4. The third-order valence-corrected chi connectivity index (χ3v) is 5.96. The monoisotopic (exact) mass is 454 g/mol. The number of esters is 2. The van der Waals surface area contributed by atoms with Crippen molar-refractivity contribution in [2.75, 3.05) is 0 Å². The molecule has 0 aliphatic carbocycles. The van der Waals surface area contributed by atoms with Crippen molar-refractivity contribution in [2.24, 2.45) is 0 Å². The molecule has 0 saturated carbocycles. The Morgan fingerprint density at radius 2 is 1.12 bits per heavy atom. The number of benzene rings is 4. The molecule has 5 heteroatoms. The average Bonchev–Trinajstić information content (AvgIpc) is 2.81. The number of hydrogen-bond acceptors (Lipinski definition) is 5. The van der Waals surface area contributed by atoms with Gasteiger partial charge in [-0.2, -0.15) is 0 Å². The van der Waals surface area contributed by atoms with Gasteiger partial charge in [0.25, 0.3) is 0 Å². The van der Waals surface area contributed by atoms with Crippen LogP contribution in [0.15, 0.2) is 107 Å². The minimum atomic E-state index is -0.519. The van der Waals surface area contributed by atoms with Crippen LogP contribution < -0.4 is 9.47 Å². The van der Waals surface area contributed by atoms with Crippen LogP contribution in [0.1, 0.15) is 13.8 Å². The summed E-state index contributed by atoms with van der Waals surface area (Å²) in [5, 5.41) is 2.64. The Balaban J connectivity index is 1.98. The van der Waals surface area contributed by atoms with E-state index in [2.05, 4.69) is 13.2 Å². The summed E-state index contributed by atoms with van der Waals surface area (Å²) in [6.45, 7) is 10.6. The predicted octanol–water partition coefficient (Wildman–Crippen LogP) is 7.11. The highest BCUT2D eigenvalue weighted by Gasteiger charge is 2.21. The summed E-state index contributed by atoms with van der Waals surface area (Å²) in [6.07, 6.45) is 0. The Kier molecular flexibility index (Phi) is 6.33. The lowest BCUT2D eigenvalue weighted by Crippen LogP contribution is -2.11. The van der Waals surface area contributed by atoms with Gasteiger partial charge in [-0.3, -0.25) is 0 Å². The van der Waals surface area contributed by atoms with Crippen LogP contribution in [0.25, 0.3) is 21.5 Å². The molecule has 0 saturated heterocycles. The van der Waals surface area contributed by atoms with Crippen LogP contribution in [-0.2, 0) is 9.59 Å². The first kappa shape index (κ1) is 22.4. The van der Waals surface area contributed by atoms with Crippen LogP contribution >= 0.6 is 11.8 Å². The smallest absolute Gasteiger partial charge is 0.338 e. The maximum absolute atomic E-state index is 12.5. The van der Waals surface area contributed by atoms with Gasteiger partial charge in [0.05, 0.1) is 0 Å². The third-order valence-electron chi connectivity index (χ3n) is 4.96. The van der Waals surface area contributed by atoms with Crippen molar-refractivity contribution in [1.29, 1.82) is 0 Å². The second-order valence-electron chi connectivity index (χ2n) is 7.67. The molecule has 0 aliphatic heterocycles. The van der Waals surface area contributed by atoms with E-state index in [1.807, 2.05) is 72.8 Å². The Labute approximate surface area is 196 Å². The Morgan fingerprint density at radius 1 is 0.636 bits per heavy atom. The van der Waals surface area contributed by atoms with Gasteiger partial charge < -0.3 is 9.47 Å². The van der Waals surface area contributed by atoms with E-state index in [1.165, 1.54) is 0 Å². The van der Waals surface area contributed by atoms with E-state index in [4.69, 9.17) is 9.47 Å². The topological polar surface area (TPSA) is 52.6 Å². The van der Waals surface area contributed by atoms with Crippen molar-refractivity contribution < 1.29 is 19.1 Å². The van der Waals surface area contributed by atoms with Gasteiger partial charge in [-0.25, -0.2) is 9.59 Å². The fourth-order valence-electron chi connectivity index (χ4n) is 3.35. The van der Waals surface area contributed by atoms with E-state index in [0.29, 0.717) is 44.2 Å². The first-order chi connectivity index (χ1) is 15.8. The van der Waals surface area contributed by atoms with Crippen molar-refractivity contribution in [3.05, 3.63) is 97.1 Å². The molecule has 0 aliphatic rings. The second-order valence-corrected chi connectivity index (χ2v) is 8.81. The van der Waals surface area contributed by atoms with Gasteiger partial charge in [-0.15, -0.1) is 0 Å². The van der Waals surface area contributed by atoms with Gasteiger partial charge in [-0.05, 0) is 44.2 Å². The van der Waals surface area contributed by atoms with E-state index in [0.717, 1.165) is 9.79 Å². The lowest BCUT2D eigenvalue weighted by molar-refractivity contribution is -0.130. The fourth-order valence-corrected chi connectivity index (χ4v) is 4.22. The summed E-state index contributed by atoms with van der Waals surface area (Å²) in [5.41, 5.74) is 0.584. The van der Waals surface area contributed by atoms with E-state index in [1.54, 1.807) is 25.6 Å². The molecule has 0 atom stereocenters. The number of carbonyl (C=O) groups is 2. The molecule has 33 heavy (non-hydrogen) atoms. The van der Waals surface area contributed by atoms with Crippen molar-refractivity contribution in [1.82, 2.24) is 0 Å². The molecule has 0 radical (unpaired) electrons. The molecular weight excluding hydrogens is 432 g/mol. The summed E-state index contributed by atoms with van der Waals surface area (Å²) in [6, 6.07) is 23.1. The molecule has 164 valence electrons. The van der Waals surface area contributed by atoms with Crippen LogP contribution in [0.2, 0.25) is 0 Å². The van der Waals surface area contributed by atoms with Gasteiger partial charge in [0.2, 0.25) is 0 Å². The molecule has 0 spiro atoms. The van der Waals surface area contributed by atoms with Crippen molar-refractivity contribution >= 4 is 45.2 Å². The standard InChI is InChI=1S/C28H22O4S/c1-17(2)27(29)31-25-21-12-8-9-13-22(21)26(32-28(30)18(3)4)24-16-20(14-15-23(24)25)33-19-10-6-5-7-11-19/h5-16H,1,3H2,2,4H3. The van der Waals surface area contributed by atoms with Crippen molar-refractivity contribution in [2.45, 2.75) is 23.6 Å². The van der Waals surface area contributed by atoms with E-state index in [-0.39, 0.29) is 0 Å². The zero-order chi connectivity index (χ0) is 23.5. The minimum absolute atomic E-state index is 0.292. The molecule has 0 aromatic heterocycles. The molecular formula is C28H22O4S. The number of ether oxygens (including phenoxy) is 2. The fraction of sp³-hybridized carbons (Fsp3) is 0.0714. The molecule has 0 unspecified atom stereocenters. The Morgan fingerprint density at radius 3 is 1.67 bits per heavy atom. The van der Waals surface area contributed by atoms with Crippen LogP contribution in [0.5, 0.6) is 11.5 Å². The average molecular weight is 455 g/mol. The lowest BCUT2D eigenvalue weighted by Gasteiger charge is -2.17. The maximum atomic E-state index is 12.5. The van der Waals surface area contributed by atoms with Crippen molar-refractivity contribution in [3.63, 3.8) is 0 Å². The highest BCUT2D eigenvalue weighted by Crippen LogP contribution is 2.45. The predicted molar refractivity (Wildman–Crippen MR) is 133 cm³/mol. The molecule has 0 amide bonds. The molecule has 0 heterocycles. The molecule has 4 rings (SSSR count). The van der Waals surface area contributed by atoms with Gasteiger partial charge >= 0.3 is 11.9 Å². The number of fused-ring (bicyclic) bond motifs is 2. The summed E-state index contributed by atoms with van der Waals surface area (Å²) in [4.78, 5) is 27.0. The van der Waals surface area contributed by atoms with Gasteiger partial charge in [0, 0.05) is 42.5 Å². The molecule has 4 nitrogen and oxygen atoms in total. The molecule has 4 aromatic carbocycles. The molecule has 0 N–H and O–H groups in total. The van der Waals surface area contributed by atoms with Gasteiger partial charge in [0.1, 0.15) is 11.5 Å². The second kappa shape index (κ2) is 9.35. The summed E-state index contributed by atoms with van der Waals surface area (Å²) in [5.74, 6) is -0.232. The third kappa shape index (κ3) is 4.69. The largest absolute Gasteiger partial charge is 0.422 e. The SMILES string of the molecule is C=C(C)C(=O)Oc1c2ccccc2c(OC(=O)C(=C)C)c2cc(Sc3ccccc3)ccc12. The highest BCUT2D eigenvalue weighted by molar-refractivity contribution is 7.99. The van der Waals surface area contributed by atoms with Gasteiger partial charge in [0.15, 0.2) is 0 Å². The van der Waals surface area contributed by atoms with E-state index < -0.39 is 11.9 Å². The molecule has 4 aromatic rings. The quantitative estimate of drug-likeness (QED) is 0.134. The van der Waals surface area contributed by atoms with E-state index in [9.17, 15) is 9.59 Å². The zero-order valence-corrected chi connectivity index (χ0v) is 19.2. The lowest BCUT2D eigenvalue weighted by atomic mass is 10.0. The first-order valence-electron chi connectivity index (χ1n) is 10.3. The Bertz CT molecular complexity index is 1420. The summed E-state index contributed by atoms with van der Waals surface area (Å²) >= 11 is 1.59. The molecule has 0 bridgehead atoms. The number of hydrogen-bond donors (Lipinski definition) is 0. The van der Waals surface area contributed by atoms with Crippen LogP contribution in [-0.4, -0.2) is 11.9 Å². The Hall–Kier alpha value is -3.83. The summed E-state index contributed by atoms with van der Waals surface area (Å²) in [7, 11) is 0. The normalized spacial score (nSPS) is 10.7. The first-order valence-corrected chi connectivity index (χ1v) is 11.1. The number of carbonyl (C=O) groups excluding carboxylic acids is 2.